The van der Waals surface area contributed by atoms with E-state index in [0.29, 0.717) is 29.6 Å². The molecular formula is C23H24ClN3O3S. The number of piperidine rings is 2. The monoisotopic (exact) mass is 457 g/mol. The molecule has 2 aliphatic rings. The fourth-order valence-corrected chi connectivity index (χ4v) is 5.88. The SMILES string of the molecule is O=C(c1ccoc1)N1CCC(C(=O)N2CCC(c3nc4cc(Cl)ccc4s3)CC2)CC1. The van der Waals surface area contributed by atoms with Gasteiger partial charge in [0.1, 0.15) is 6.26 Å². The summed E-state index contributed by atoms with van der Waals surface area (Å²) >= 11 is 7.82. The predicted octanol–water partition coefficient (Wildman–Crippen LogP) is 4.80. The zero-order chi connectivity index (χ0) is 21.4. The molecule has 2 fully saturated rings. The Morgan fingerprint density at radius 3 is 2.48 bits per heavy atom. The second-order valence-electron chi connectivity index (χ2n) is 8.34. The quantitative estimate of drug-likeness (QED) is 0.566. The average Bonchev–Trinajstić information content (AvgIpc) is 3.48. The largest absolute Gasteiger partial charge is 0.472 e. The van der Waals surface area contributed by atoms with Crippen LogP contribution in [0.25, 0.3) is 10.2 Å². The maximum Gasteiger partial charge on any atom is 0.257 e. The Morgan fingerprint density at radius 2 is 1.77 bits per heavy atom. The highest BCUT2D eigenvalue weighted by atomic mass is 35.5. The van der Waals surface area contributed by atoms with Crippen LogP contribution < -0.4 is 0 Å². The summed E-state index contributed by atoms with van der Waals surface area (Å²) in [6.07, 6.45) is 6.32. The van der Waals surface area contributed by atoms with Crippen LogP contribution in [0.15, 0.2) is 41.2 Å². The van der Waals surface area contributed by atoms with Crippen LogP contribution in [0.2, 0.25) is 5.02 Å². The Labute approximate surface area is 189 Å². The van der Waals surface area contributed by atoms with E-state index in [1.165, 1.54) is 12.5 Å². The van der Waals surface area contributed by atoms with Crippen molar-refractivity contribution >= 4 is 45.0 Å². The van der Waals surface area contributed by atoms with Crippen molar-refractivity contribution < 1.29 is 14.0 Å². The molecule has 0 saturated carbocycles. The molecule has 0 bridgehead atoms. The number of hydrogen-bond acceptors (Lipinski definition) is 5. The molecular weight excluding hydrogens is 434 g/mol. The molecule has 6 nitrogen and oxygen atoms in total. The Kier molecular flexibility index (Phi) is 5.71. The third kappa shape index (κ3) is 4.21. The van der Waals surface area contributed by atoms with Gasteiger partial charge < -0.3 is 14.2 Å². The molecule has 0 spiro atoms. The van der Waals surface area contributed by atoms with E-state index in [1.807, 2.05) is 28.0 Å². The van der Waals surface area contributed by atoms with Gasteiger partial charge in [0, 0.05) is 43.0 Å². The Balaban J connectivity index is 1.14. The average molecular weight is 458 g/mol. The molecule has 2 saturated heterocycles. The van der Waals surface area contributed by atoms with E-state index in [1.54, 1.807) is 17.4 Å². The van der Waals surface area contributed by atoms with Crippen molar-refractivity contribution in [1.82, 2.24) is 14.8 Å². The fourth-order valence-electron chi connectivity index (χ4n) is 4.60. The molecule has 0 aliphatic carbocycles. The first-order valence-corrected chi connectivity index (χ1v) is 11.9. The van der Waals surface area contributed by atoms with E-state index < -0.39 is 0 Å². The van der Waals surface area contributed by atoms with Gasteiger partial charge in [-0.05, 0) is 49.9 Å². The zero-order valence-electron chi connectivity index (χ0n) is 17.1. The van der Waals surface area contributed by atoms with E-state index in [0.717, 1.165) is 54.0 Å². The maximum absolute atomic E-state index is 13.1. The highest BCUT2D eigenvalue weighted by Gasteiger charge is 2.33. The molecule has 3 aromatic rings. The molecule has 4 heterocycles. The lowest BCUT2D eigenvalue weighted by molar-refractivity contribution is -0.138. The van der Waals surface area contributed by atoms with Crippen LogP contribution in [0.5, 0.6) is 0 Å². The summed E-state index contributed by atoms with van der Waals surface area (Å²) in [5.74, 6) is 0.631. The van der Waals surface area contributed by atoms with E-state index >= 15 is 0 Å². The van der Waals surface area contributed by atoms with Crippen LogP contribution >= 0.6 is 22.9 Å². The number of thiazole rings is 1. The van der Waals surface area contributed by atoms with Crippen molar-refractivity contribution in [3.8, 4) is 0 Å². The number of carbonyl (C=O) groups excluding carboxylic acids is 2. The molecule has 2 aromatic heterocycles. The first kappa shape index (κ1) is 20.5. The Hall–Kier alpha value is -2.38. The number of carbonyl (C=O) groups is 2. The Bertz CT molecular complexity index is 1080. The number of amides is 2. The molecule has 162 valence electrons. The highest BCUT2D eigenvalue weighted by Crippen LogP contribution is 2.35. The number of furan rings is 1. The molecule has 0 radical (unpaired) electrons. The summed E-state index contributed by atoms with van der Waals surface area (Å²) in [6, 6.07) is 7.53. The van der Waals surface area contributed by atoms with Crippen molar-refractivity contribution in [3.05, 3.63) is 52.4 Å². The molecule has 2 amide bonds. The second kappa shape index (κ2) is 8.63. The van der Waals surface area contributed by atoms with Crippen molar-refractivity contribution in [2.45, 2.75) is 31.6 Å². The van der Waals surface area contributed by atoms with Crippen LogP contribution in [0.4, 0.5) is 0 Å². The molecule has 5 rings (SSSR count). The number of aromatic nitrogens is 1. The van der Waals surface area contributed by atoms with Crippen molar-refractivity contribution in [3.63, 3.8) is 0 Å². The first-order valence-electron chi connectivity index (χ1n) is 10.7. The summed E-state index contributed by atoms with van der Waals surface area (Å²) in [5, 5.41) is 1.86. The summed E-state index contributed by atoms with van der Waals surface area (Å²) < 4.78 is 6.17. The van der Waals surface area contributed by atoms with Crippen molar-refractivity contribution in [2.75, 3.05) is 26.2 Å². The van der Waals surface area contributed by atoms with Crippen molar-refractivity contribution in [1.29, 1.82) is 0 Å². The van der Waals surface area contributed by atoms with E-state index in [4.69, 9.17) is 21.0 Å². The van der Waals surface area contributed by atoms with Gasteiger partial charge in [0.25, 0.3) is 5.91 Å². The van der Waals surface area contributed by atoms with Gasteiger partial charge in [-0.25, -0.2) is 4.98 Å². The summed E-state index contributed by atoms with van der Waals surface area (Å²) in [4.78, 5) is 34.1. The van der Waals surface area contributed by atoms with Crippen LogP contribution in [0.3, 0.4) is 0 Å². The number of halogens is 1. The first-order chi connectivity index (χ1) is 15.1. The normalized spacial score (nSPS) is 18.6. The van der Waals surface area contributed by atoms with Gasteiger partial charge in [0.15, 0.2) is 0 Å². The fraction of sp³-hybridized carbons (Fsp3) is 0.435. The second-order valence-corrected chi connectivity index (χ2v) is 9.84. The van der Waals surface area contributed by atoms with Gasteiger partial charge in [-0.15, -0.1) is 11.3 Å². The van der Waals surface area contributed by atoms with Gasteiger partial charge in [0.05, 0.1) is 27.1 Å². The molecule has 8 heteroatoms. The third-order valence-electron chi connectivity index (χ3n) is 6.42. The lowest BCUT2D eigenvalue weighted by Gasteiger charge is -2.37. The van der Waals surface area contributed by atoms with Gasteiger partial charge in [-0.2, -0.15) is 0 Å². The molecule has 0 N–H and O–H groups in total. The summed E-state index contributed by atoms with van der Waals surface area (Å²) in [7, 11) is 0. The van der Waals surface area contributed by atoms with E-state index in [-0.39, 0.29) is 17.7 Å². The number of benzene rings is 1. The molecule has 31 heavy (non-hydrogen) atoms. The van der Waals surface area contributed by atoms with E-state index in [9.17, 15) is 9.59 Å². The minimum Gasteiger partial charge on any atom is -0.472 e. The van der Waals surface area contributed by atoms with Gasteiger partial charge in [0.2, 0.25) is 5.91 Å². The number of rotatable bonds is 3. The van der Waals surface area contributed by atoms with Crippen LogP contribution in [0.1, 0.15) is 47.0 Å². The van der Waals surface area contributed by atoms with Crippen LogP contribution in [0, 0.1) is 5.92 Å². The minimum atomic E-state index is -0.0161. The highest BCUT2D eigenvalue weighted by molar-refractivity contribution is 7.18. The van der Waals surface area contributed by atoms with E-state index in [2.05, 4.69) is 0 Å². The Morgan fingerprint density at radius 1 is 1.03 bits per heavy atom. The maximum atomic E-state index is 13.1. The minimum absolute atomic E-state index is 0.00884. The molecule has 2 aliphatic heterocycles. The van der Waals surface area contributed by atoms with Gasteiger partial charge in [-0.1, -0.05) is 11.6 Å². The topological polar surface area (TPSA) is 66.7 Å². The number of fused-ring (bicyclic) bond motifs is 1. The lowest BCUT2D eigenvalue weighted by atomic mass is 9.92. The molecule has 0 unspecified atom stereocenters. The number of nitrogens with zero attached hydrogens (tertiary/aromatic N) is 3. The molecule has 0 atom stereocenters. The predicted molar refractivity (Wildman–Crippen MR) is 121 cm³/mol. The number of hydrogen-bond donors (Lipinski definition) is 0. The number of likely N-dealkylation sites (tertiary alicyclic amines) is 2. The van der Waals surface area contributed by atoms with Gasteiger partial charge in [-0.3, -0.25) is 9.59 Å². The molecule has 1 aromatic carbocycles. The smallest absolute Gasteiger partial charge is 0.257 e. The van der Waals surface area contributed by atoms with Crippen molar-refractivity contribution in [2.24, 2.45) is 5.92 Å². The van der Waals surface area contributed by atoms with Gasteiger partial charge >= 0.3 is 0 Å². The summed E-state index contributed by atoms with van der Waals surface area (Å²) in [5.41, 5.74) is 1.53. The van der Waals surface area contributed by atoms with Crippen LogP contribution in [-0.4, -0.2) is 52.8 Å². The van der Waals surface area contributed by atoms with Crippen LogP contribution in [-0.2, 0) is 4.79 Å². The summed E-state index contributed by atoms with van der Waals surface area (Å²) in [6.45, 7) is 2.78. The lowest BCUT2D eigenvalue weighted by Crippen LogP contribution is -2.46. The zero-order valence-corrected chi connectivity index (χ0v) is 18.7. The third-order valence-corrected chi connectivity index (χ3v) is 7.86. The standard InChI is InChI=1S/C23H24ClN3O3S/c24-18-1-2-20-19(13-18)25-21(31-20)15-3-8-26(9-4-15)22(28)16-5-10-27(11-6-16)23(29)17-7-12-30-14-17/h1-2,7,12-16H,3-6,8-11H2.